The Kier molecular flexibility index (Phi) is 7.74. The first-order chi connectivity index (χ1) is 12.9. The molecule has 0 aliphatic heterocycles. The van der Waals surface area contributed by atoms with Crippen molar-refractivity contribution in [2.45, 2.75) is 6.92 Å². The number of hydrogen-bond acceptors (Lipinski definition) is 5. The Balaban J connectivity index is 0.00000280. The number of rotatable bonds is 7. The Morgan fingerprint density at radius 3 is 2.50 bits per heavy atom. The van der Waals surface area contributed by atoms with Crippen molar-refractivity contribution in [2.24, 2.45) is 0 Å². The average molecular weight is 424 g/mol. The Bertz CT molecular complexity index is 931. The first-order valence-electron chi connectivity index (χ1n) is 8.63. The number of amides is 1. The number of hydrogen-bond donors (Lipinski definition) is 0. The van der Waals surface area contributed by atoms with Gasteiger partial charge in [-0.15, -0.1) is 12.4 Å². The molecule has 5 nitrogen and oxygen atoms in total. The van der Waals surface area contributed by atoms with Crippen LogP contribution in [0.1, 0.15) is 5.56 Å². The predicted molar refractivity (Wildman–Crippen MR) is 114 cm³/mol. The molecule has 0 saturated heterocycles. The topological polar surface area (TPSA) is 45.7 Å². The molecule has 0 aliphatic carbocycles. The summed E-state index contributed by atoms with van der Waals surface area (Å²) in [5.41, 5.74) is 1.41. The molecule has 28 heavy (non-hydrogen) atoms. The van der Waals surface area contributed by atoms with Gasteiger partial charge in [0.25, 0.3) is 5.91 Å². The third-order valence-corrected chi connectivity index (χ3v) is 5.09. The molecule has 0 fully saturated rings. The largest absolute Gasteiger partial charge is 0.484 e. The summed E-state index contributed by atoms with van der Waals surface area (Å²) in [5.74, 6) is 0.0413. The quantitative estimate of drug-likeness (QED) is 0.573. The zero-order valence-corrected chi connectivity index (χ0v) is 17.6. The zero-order valence-electron chi connectivity index (χ0n) is 16.0. The molecular weight excluding hydrogens is 401 g/mol. The maximum absolute atomic E-state index is 14.0. The van der Waals surface area contributed by atoms with Crippen molar-refractivity contribution in [2.75, 3.05) is 38.7 Å². The van der Waals surface area contributed by atoms with E-state index in [1.807, 2.05) is 50.2 Å². The molecule has 0 aliphatic rings. The van der Waals surface area contributed by atoms with Crippen molar-refractivity contribution in [1.29, 1.82) is 0 Å². The van der Waals surface area contributed by atoms with Gasteiger partial charge in [-0.1, -0.05) is 35.1 Å². The highest BCUT2D eigenvalue weighted by molar-refractivity contribution is 7.22. The fourth-order valence-electron chi connectivity index (χ4n) is 2.50. The number of nitrogens with zero attached hydrogens (tertiary/aromatic N) is 3. The van der Waals surface area contributed by atoms with E-state index in [0.717, 1.165) is 5.56 Å². The lowest BCUT2D eigenvalue weighted by molar-refractivity contribution is -0.120. The normalized spacial score (nSPS) is 10.8. The number of thiazole rings is 1. The number of carbonyl (C=O) groups is 1. The molecule has 0 unspecified atom stereocenters. The van der Waals surface area contributed by atoms with Crippen molar-refractivity contribution in [1.82, 2.24) is 9.88 Å². The van der Waals surface area contributed by atoms with Gasteiger partial charge in [-0.25, -0.2) is 9.37 Å². The first-order valence-corrected chi connectivity index (χ1v) is 9.45. The summed E-state index contributed by atoms with van der Waals surface area (Å²) in [6.45, 7) is 3.00. The highest BCUT2D eigenvalue weighted by Crippen LogP contribution is 2.30. The van der Waals surface area contributed by atoms with Gasteiger partial charge in [0.2, 0.25) is 0 Å². The molecule has 1 heterocycles. The lowest BCUT2D eigenvalue weighted by Gasteiger charge is -2.22. The number of ether oxygens (including phenoxy) is 1. The third-order valence-electron chi connectivity index (χ3n) is 4.04. The number of carbonyl (C=O) groups excluding carboxylic acids is 1. The van der Waals surface area contributed by atoms with Crippen LogP contribution in [0, 0.1) is 12.7 Å². The Labute approximate surface area is 174 Å². The molecule has 0 N–H and O–H groups in total. The molecule has 0 bridgehead atoms. The van der Waals surface area contributed by atoms with Crippen molar-refractivity contribution >= 4 is 45.0 Å². The van der Waals surface area contributed by atoms with E-state index < -0.39 is 0 Å². The lowest BCUT2D eigenvalue weighted by atomic mass is 10.2. The lowest BCUT2D eigenvalue weighted by Crippen LogP contribution is -2.39. The smallest absolute Gasteiger partial charge is 0.266 e. The number of halogens is 2. The van der Waals surface area contributed by atoms with Crippen LogP contribution in [-0.2, 0) is 4.79 Å². The molecule has 0 atom stereocenters. The molecule has 1 amide bonds. The van der Waals surface area contributed by atoms with E-state index in [4.69, 9.17) is 4.74 Å². The Morgan fingerprint density at radius 1 is 1.14 bits per heavy atom. The fourth-order valence-corrected chi connectivity index (χ4v) is 3.53. The summed E-state index contributed by atoms with van der Waals surface area (Å²) >= 11 is 1.30. The number of aromatic nitrogens is 1. The summed E-state index contributed by atoms with van der Waals surface area (Å²) < 4.78 is 20.3. The van der Waals surface area contributed by atoms with Gasteiger partial charge in [0.15, 0.2) is 11.7 Å². The van der Waals surface area contributed by atoms with Gasteiger partial charge in [-0.2, -0.15) is 0 Å². The van der Waals surface area contributed by atoms with Gasteiger partial charge >= 0.3 is 0 Å². The highest BCUT2D eigenvalue weighted by atomic mass is 35.5. The van der Waals surface area contributed by atoms with Gasteiger partial charge in [-0.3, -0.25) is 9.69 Å². The number of para-hydroxylation sites is 1. The van der Waals surface area contributed by atoms with Crippen LogP contribution in [0.15, 0.2) is 42.5 Å². The van der Waals surface area contributed by atoms with Crippen LogP contribution in [0.4, 0.5) is 9.52 Å². The van der Waals surface area contributed by atoms with Gasteiger partial charge in [-0.05, 0) is 45.3 Å². The van der Waals surface area contributed by atoms with E-state index in [-0.39, 0.29) is 30.7 Å². The second-order valence-electron chi connectivity index (χ2n) is 6.53. The molecule has 1 aromatic heterocycles. The van der Waals surface area contributed by atoms with Crippen molar-refractivity contribution in [3.8, 4) is 5.75 Å². The fraction of sp³-hybridized carbons (Fsp3) is 0.300. The minimum absolute atomic E-state index is 0. The molecule has 0 radical (unpaired) electrons. The standard InChI is InChI=1S/C20H22FN3O2S.ClH/c1-14-7-9-15(10-8-14)26-13-18(25)24(12-11-23(2)3)20-22-19-16(21)5-4-6-17(19)27-20;/h4-10H,11-13H2,1-3H3;1H. The molecule has 0 saturated carbocycles. The number of benzene rings is 2. The number of anilines is 1. The van der Waals surface area contributed by atoms with Crippen LogP contribution in [0.3, 0.4) is 0 Å². The molecule has 3 rings (SSSR count). The van der Waals surface area contributed by atoms with E-state index in [0.29, 0.717) is 34.2 Å². The summed E-state index contributed by atoms with van der Waals surface area (Å²) in [6, 6.07) is 12.3. The Hall–Kier alpha value is -2.22. The monoisotopic (exact) mass is 423 g/mol. The molecule has 8 heteroatoms. The molecule has 3 aromatic rings. The van der Waals surface area contributed by atoms with Crippen LogP contribution in [-0.4, -0.2) is 49.6 Å². The first kappa shape index (κ1) is 22.1. The van der Waals surface area contributed by atoms with Gasteiger partial charge in [0, 0.05) is 13.1 Å². The van der Waals surface area contributed by atoms with Crippen molar-refractivity contribution in [3.05, 3.63) is 53.8 Å². The van der Waals surface area contributed by atoms with E-state index >= 15 is 0 Å². The van der Waals surface area contributed by atoms with Crippen LogP contribution >= 0.6 is 23.7 Å². The van der Waals surface area contributed by atoms with Crippen LogP contribution in [0.25, 0.3) is 10.2 Å². The summed E-state index contributed by atoms with van der Waals surface area (Å²) in [5, 5.41) is 0.481. The van der Waals surface area contributed by atoms with Crippen LogP contribution in [0.5, 0.6) is 5.75 Å². The van der Waals surface area contributed by atoms with Gasteiger partial charge < -0.3 is 9.64 Å². The second kappa shape index (κ2) is 9.82. The minimum atomic E-state index is -0.383. The highest BCUT2D eigenvalue weighted by Gasteiger charge is 2.21. The number of fused-ring (bicyclic) bond motifs is 1. The maximum atomic E-state index is 14.0. The van der Waals surface area contributed by atoms with Crippen molar-refractivity contribution in [3.63, 3.8) is 0 Å². The van der Waals surface area contributed by atoms with Crippen LogP contribution in [0.2, 0.25) is 0 Å². The molecule has 0 spiro atoms. The predicted octanol–water partition coefficient (Wildman–Crippen LogP) is 4.14. The minimum Gasteiger partial charge on any atom is -0.484 e. The van der Waals surface area contributed by atoms with Gasteiger partial charge in [0.05, 0.1) is 4.70 Å². The number of aryl methyl sites for hydroxylation is 1. The summed E-state index contributed by atoms with van der Waals surface area (Å²) in [7, 11) is 3.87. The molecule has 2 aromatic carbocycles. The number of likely N-dealkylation sites (N-methyl/N-ethyl adjacent to an activating group) is 1. The van der Waals surface area contributed by atoms with E-state index in [1.165, 1.54) is 17.4 Å². The molecule has 150 valence electrons. The zero-order chi connectivity index (χ0) is 19.4. The summed E-state index contributed by atoms with van der Waals surface area (Å²) in [4.78, 5) is 20.7. The second-order valence-corrected chi connectivity index (χ2v) is 7.54. The molecular formula is C20H23ClFN3O2S. The SMILES string of the molecule is Cc1ccc(OCC(=O)N(CCN(C)C)c2nc3c(F)cccc3s2)cc1.Cl. The average Bonchev–Trinajstić information content (AvgIpc) is 3.06. The third kappa shape index (κ3) is 5.41. The maximum Gasteiger partial charge on any atom is 0.266 e. The van der Waals surface area contributed by atoms with E-state index in [9.17, 15) is 9.18 Å². The van der Waals surface area contributed by atoms with Crippen molar-refractivity contribution < 1.29 is 13.9 Å². The summed E-state index contributed by atoms with van der Waals surface area (Å²) in [6.07, 6.45) is 0. The van der Waals surface area contributed by atoms with Crippen LogP contribution < -0.4 is 9.64 Å². The Morgan fingerprint density at radius 2 is 1.86 bits per heavy atom. The van der Waals surface area contributed by atoms with Gasteiger partial charge in [0.1, 0.15) is 17.1 Å². The van der Waals surface area contributed by atoms with E-state index in [1.54, 1.807) is 17.0 Å². The van der Waals surface area contributed by atoms with E-state index in [2.05, 4.69) is 4.98 Å².